The minimum Gasteiger partial charge on any atom is -0.361 e. The van der Waals surface area contributed by atoms with Crippen molar-refractivity contribution in [2.75, 3.05) is 29.1 Å². The number of aromatic nitrogens is 3. The van der Waals surface area contributed by atoms with Crippen molar-refractivity contribution in [3.05, 3.63) is 53.4 Å². The van der Waals surface area contributed by atoms with Crippen LogP contribution < -0.4 is 15.5 Å². The predicted molar refractivity (Wildman–Crippen MR) is 130 cm³/mol. The highest BCUT2D eigenvalue weighted by Crippen LogP contribution is 2.43. The van der Waals surface area contributed by atoms with Gasteiger partial charge in [0.15, 0.2) is 5.82 Å². The van der Waals surface area contributed by atoms with E-state index >= 15 is 4.39 Å². The van der Waals surface area contributed by atoms with Gasteiger partial charge in [0.2, 0.25) is 5.95 Å². The van der Waals surface area contributed by atoms with Crippen LogP contribution in [0.4, 0.5) is 31.9 Å². The molecule has 0 amide bonds. The van der Waals surface area contributed by atoms with Gasteiger partial charge in [-0.05, 0) is 58.5 Å². The molecule has 1 unspecified atom stereocenters. The van der Waals surface area contributed by atoms with Gasteiger partial charge in [0.05, 0.1) is 23.7 Å². The molecule has 2 aliphatic rings. The zero-order valence-corrected chi connectivity index (χ0v) is 20.1. The van der Waals surface area contributed by atoms with Crippen molar-refractivity contribution in [3.63, 3.8) is 0 Å². The van der Waals surface area contributed by atoms with E-state index in [9.17, 15) is 4.39 Å². The van der Waals surface area contributed by atoms with Gasteiger partial charge in [-0.3, -0.25) is 0 Å². The van der Waals surface area contributed by atoms with Crippen LogP contribution in [-0.2, 0) is 13.0 Å². The van der Waals surface area contributed by atoms with Crippen LogP contribution in [0.1, 0.15) is 39.0 Å². The Kier molecular flexibility index (Phi) is 5.39. The molecule has 0 aliphatic carbocycles. The molecular weight excluding hydrogens is 436 g/mol. The van der Waals surface area contributed by atoms with Gasteiger partial charge in [-0.2, -0.15) is 0 Å². The summed E-state index contributed by atoms with van der Waals surface area (Å²) in [6.45, 7) is 9.96. The highest BCUT2D eigenvalue weighted by molar-refractivity contribution is 5.82. The monoisotopic (exact) mass is 465 g/mol. The summed E-state index contributed by atoms with van der Waals surface area (Å²) in [7, 11) is 2.09. The summed E-state index contributed by atoms with van der Waals surface area (Å²) in [4.78, 5) is 17.5. The molecule has 3 aromatic rings. The van der Waals surface area contributed by atoms with E-state index in [1.54, 1.807) is 6.07 Å². The van der Waals surface area contributed by atoms with Crippen molar-refractivity contribution in [2.45, 2.75) is 52.4 Å². The van der Waals surface area contributed by atoms with Crippen molar-refractivity contribution >= 4 is 23.1 Å². The highest BCUT2D eigenvalue weighted by Gasteiger charge is 2.36. The molecule has 2 aromatic heterocycles. The molecule has 5 rings (SSSR count). The molecular formula is C25H29F2N7. The smallest absolute Gasteiger partial charge is 0.229 e. The van der Waals surface area contributed by atoms with Crippen LogP contribution in [0.15, 0.2) is 30.5 Å². The SMILES string of the molecule is CC1Nc2c(F)cc(-c3nc(Nc4ccc5c(n4)CCN(C)C5)ncc3F)cc2N1C(C)(C)C. The third-order valence-electron chi connectivity index (χ3n) is 6.29. The maximum absolute atomic E-state index is 15.1. The van der Waals surface area contributed by atoms with Crippen molar-refractivity contribution < 1.29 is 8.78 Å². The molecule has 0 saturated carbocycles. The summed E-state index contributed by atoms with van der Waals surface area (Å²) in [5, 5.41) is 6.27. The molecule has 0 saturated heterocycles. The fourth-order valence-corrected chi connectivity index (χ4v) is 4.86. The molecule has 1 aromatic carbocycles. The molecule has 1 atom stereocenters. The zero-order valence-electron chi connectivity index (χ0n) is 20.1. The van der Waals surface area contributed by atoms with Crippen molar-refractivity contribution in [1.82, 2.24) is 19.9 Å². The van der Waals surface area contributed by atoms with E-state index in [-0.39, 0.29) is 23.3 Å². The molecule has 178 valence electrons. The topological polar surface area (TPSA) is 69.2 Å². The molecule has 9 heteroatoms. The largest absolute Gasteiger partial charge is 0.361 e. The minimum atomic E-state index is -0.618. The van der Waals surface area contributed by atoms with E-state index in [0.717, 1.165) is 31.4 Å². The van der Waals surface area contributed by atoms with Gasteiger partial charge in [-0.1, -0.05) is 6.07 Å². The Morgan fingerprint density at radius 1 is 1.12 bits per heavy atom. The summed E-state index contributed by atoms with van der Waals surface area (Å²) < 4.78 is 29.9. The fraction of sp³-hybridized carbons (Fsp3) is 0.400. The second kappa shape index (κ2) is 8.16. The van der Waals surface area contributed by atoms with E-state index in [1.807, 2.05) is 19.1 Å². The summed E-state index contributed by atoms with van der Waals surface area (Å²) in [6, 6.07) is 7.00. The Morgan fingerprint density at radius 2 is 1.91 bits per heavy atom. The van der Waals surface area contributed by atoms with E-state index in [4.69, 9.17) is 0 Å². The lowest BCUT2D eigenvalue weighted by Crippen LogP contribution is -2.46. The second-order valence-electron chi connectivity index (χ2n) is 10.0. The Bertz CT molecular complexity index is 1250. The standard InChI is InChI=1S/C25H29F2N7/c1-14-29-23-17(26)10-16(11-20(23)34(14)25(2,3)4)22-18(27)12-28-24(32-22)31-21-7-6-15-13-33(5)9-8-19(15)30-21/h6-7,10-12,14,29H,8-9,13H2,1-5H3,(H,28,30,31,32). The number of pyridine rings is 1. The first kappa shape index (κ1) is 22.5. The van der Waals surface area contributed by atoms with Crippen LogP contribution in [0.2, 0.25) is 0 Å². The molecule has 4 heterocycles. The molecule has 2 aliphatic heterocycles. The van der Waals surface area contributed by atoms with Gasteiger partial charge < -0.3 is 20.4 Å². The number of halogens is 2. The number of fused-ring (bicyclic) bond motifs is 2. The van der Waals surface area contributed by atoms with Crippen molar-refractivity contribution in [1.29, 1.82) is 0 Å². The molecule has 0 radical (unpaired) electrons. The van der Waals surface area contributed by atoms with Gasteiger partial charge in [0.25, 0.3) is 0 Å². The Labute approximate surface area is 198 Å². The van der Waals surface area contributed by atoms with Crippen molar-refractivity contribution in [3.8, 4) is 11.3 Å². The first-order valence-electron chi connectivity index (χ1n) is 11.5. The Balaban J connectivity index is 1.49. The molecule has 2 N–H and O–H groups in total. The van der Waals surface area contributed by atoms with Gasteiger partial charge in [-0.25, -0.2) is 23.7 Å². The number of anilines is 4. The van der Waals surface area contributed by atoms with Gasteiger partial charge in [0.1, 0.15) is 17.3 Å². The van der Waals surface area contributed by atoms with Crippen LogP contribution >= 0.6 is 0 Å². The first-order valence-corrected chi connectivity index (χ1v) is 11.5. The predicted octanol–water partition coefficient (Wildman–Crippen LogP) is 4.92. The Morgan fingerprint density at radius 3 is 2.68 bits per heavy atom. The number of nitrogens with one attached hydrogen (secondary N) is 2. The van der Waals surface area contributed by atoms with Crippen molar-refractivity contribution in [2.24, 2.45) is 0 Å². The number of hydrogen-bond donors (Lipinski definition) is 2. The Hall–Kier alpha value is -3.33. The number of hydrogen-bond acceptors (Lipinski definition) is 7. The summed E-state index contributed by atoms with van der Waals surface area (Å²) >= 11 is 0. The lowest BCUT2D eigenvalue weighted by Gasteiger charge is -2.37. The van der Waals surface area contributed by atoms with E-state index in [1.165, 1.54) is 11.6 Å². The summed E-state index contributed by atoms with van der Waals surface area (Å²) in [5.41, 5.74) is 3.46. The summed E-state index contributed by atoms with van der Waals surface area (Å²) in [6.07, 6.45) is 1.87. The molecule has 7 nitrogen and oxygen atoms in total. The van der Waals surface area contributed by atoms with Crippen LogP contribution in [0.5, 0.6) is 0 Å². The van der Waals surface area contributed by atoms with E-state index in [0.29, 0.717) is 22.8 Å². The fourth-order valence-electron chi connectivity index (χ4n) is 4.86. The third kappa shape index (κ3) is 4.04. The van der Waals surface area contributed by atoms with Gasteiger partial charge in [-0.15, -0.1) is 0 Å². The number of likely N-dealkylation sites (N-methyl/N-ethyl adjacent to an activating group) is 1. The van der Waals surface area contributed by atoms with E-state index < -0.39 is 11.6 Å². The van der Waals surface area contributed by atoms with Crippen LogP contribution in [-0.4, -0.2) is 45.1 Å². The van der Waals surface area contributed by atoms with Crippen LogP contribution in [0, 0.1) is 11.6 Å². The average Bonchev–Trinajstić information content (AvgIpc) is 3.12. The van der Waals surface area contributed by atoms with Crippen LogP contribution in [0.3, 0.4) is 0 Å². The van der Waals surface area contributed by atoms with Gasteiger partial charge in [0, 0.05) is 36.3 Å². The molecule has 0 spiro atoms. The first-order chi connectivity index (χ1) is 16.1. The minimum absolute atomic E-state index is 0.0344. The van der Waals surface area contributed by atoms with E-state index in [2.05, 4.69) is 63.2 Å². The normalized spacial score (nSPS) is 17.9. The van der Waals surface area contributed by atoms with Crippen LogP contribution in [0.25, 0.3) is 11.3 Å². The quantitative estimate of drug-likeness (QED) is 0.569. The number of nitrogens with zero attached hydrogens (tertiary/aromatic N) is 5. The molecule has 34 heavy (non-hydrogen) atoms. The molecule has 0 bridgehead atoms. The summed E-state index contributed by atoms with van der Waals surface area (Å²) in [5.74, 6) is -0.262. The maximum Gasteiger partial charge on any atom is 0.229 e. The highest BCUT2D eigenvalue weighted by atomic mass is 19.1. The maximum atomic E-state index is 15.1. The second-order valence-corrected chi connectivity index (χ2v) is 10.0. The number of rotatable bonds is 3. The lowest BCUT2D eigenvalue weighted by molar-refractivity contribution is 0.310. The third-order valence-corrected chi connectivity index (χ3v) is 6.29. The van der Waals surface area contributed by atoms with Gasteiger partial charge >= 0.3 is 0 Å². The number of benzene rings is 1. The lowest BCUT2D eigenvalue weighted by atomic mass is 10.0. The zero-order chi connectivity index (χ0) is 24.2. The average molecular weight is 466 g/mol. The molecule has 0 fully saturated rings.